The van der Waals surface area contributed by atoms with E-state index in [1.54, 1.807) is 53.4 Å². The minimum absolute atomic E-state index is 0.00644. The molecule has 3 aromatic rings. The Morgan fingerprint density at radius 2 is 1.91 bits per heavy atom. The number of nitrogens with one attached hydrogen (secondary N) is 1. The summed E-state index contributed by atoms with van der Waals surface area (Å²) in [6.07, 6.45) is 1.44. The highest BCUT2D eigenvalue weighted by Gasteiger charge is 2.23. The second kappa shape index (κ2) is 9.79. The smallest absolute Gasteiger partial charge is 0.273 e. The van der Waals surface area contributed by atoms with Crippen molar-refractivity contribution < 1.29 is 19.1 Å². The molecule has 11 nitrogen and oxygen atoms in total. The fraction of sp³-hybridized carbons (Fsp3) is 0.174. The van der Waals surface area contributed by atoms with Gasteiger partial charge in [0, 0.05) is 34.7 Å². The average molecular weight is 457 g/mol. The van der Waals surface area contributed by atoms with Gasteiger partial charge in [0.25, 0.3) is 11.8 Å². The van der Waals surface area contributed by atoms with Gasteiger partial charge in [0.15, 0.2) is 0 Å². The van der Waals surface area contributed by atoms with E-state index in [4.69, 9.17) is 15.0 Å². The largest absolute Gasteiger partial charge is 0.497 e. The molecule has 0 radical (unpaired) electrons. The van der Waals surface area contributed by atoms with Crippen molar-refractivity contribution in [2.75, 3.05) is 37.1 Å². The highest BCUT2D eigenvalue weighted by Crippen LogP contribution is 2.31. The number of methoxy groups -OCH3 is 1. The lowest BCUT2D eigenvalue weighted by molar-refractivity contribution is -0.125. The van der Waals surface area contributed by atoms with Crippen molar-refractivity contribution in [1.82, 2.24) is 4.57 Å². The molecule has 1 aliphatic rings. The number of nitrogens with zero attached hydrogens (tertiary/aromatic N) is 6. The molecule has 4 rings (SSSR count). The van der Waals surface area contributed by atoms with E-state index in [2.05, 4.69) is 15.3 Å². The predicted octanol–water partition coefficient (Wildman–Crippen LogP) is 3.91. The van der Waals surface area contributed by atoms with Crippen molar-refractivity contribution in [1.29, 1.82) is 5.26 Å². The summed E-state index contributed by atoms with van der Waals surface area (Å²) in [6, 6.07) is 15.6. The maximum atomic E-state index is 13.3. The summed E-state index contributed by atoms with van der Waals surface area (Å²) < 4.78 is 11.8. The van der Waals surface area contributed by atoms with Crippen molar-refractivity contribution in [3.8, 4) is 17.5 Å². The molecule has 0 unspecified atom stereocenters. The average Bonchev–Trinajstić information content (AvgIpc) is 3.23. The molecule has 2 amide bonds. The van der Waals surface area contributed by atoms with Gasteiger partial charge in [-0.15, -0.1) is 0 Å². The number of hydrogen-bond donors (Lipinski definition) is 1. The Kier molecular flexibility index (Phi) is 6.45. The van der Waals surface area contributed by atoms with E-state index < -0.39 is 5.91 Å². The van der Waals surface area contributed by atoms with Crippen molar-refractivity contribution in [2.45, 2.75) is 0 Å². The number of rotatable bonds is 6. The number of carbonyl (C=O) groups excluding carboxylic acids is 2. The van der Waals surface area contributed by atoms with Gasteiger partial charge >= 0.3 is 0 Å². The maximum absolute atomic E-state index is 13.3. The Bertz CT molecular complexity index is 1320. The molecule has 0 aliphatic carbocycles. The molecule has 1 aromatic heterocycles. The highest BCUT2D eigenvalue weighted by molar-refractivity contribution is 6.08. The predicted molar refractivity (Wildman–Crippen MR) is 123 cm³/mol. The monoisotopic (exact) mass is 457 g/mol. The first-order valence-corrected chi connectivity index (χ1v) is 10.2. The van der Waals surface area contributed by atoms with E-state index in [0.717, 1.165) is 0 Å². The van der Waals surface area contributed by atoms with E-state index in [0.29, 0.717) is 36.0 Å². The van der Waals surface area contributed by atoms with Crippen LogP contribution < -0.4 is 15.0 Å². The first kappa shape index (κ1) is 22.4. The summed E-state index contributed by atoms with van der Waals surface area (Å²) in [4.78, 5) is 29.7. The molecule has 1 aliphatic heterocycles. The van der Waals surface area contributed by atoms with Crippen LogP contribution in [0.2, 0.25) is 0 Å². The van der Waals surface area contributed by atoms with Crippen molar-refractivity contribution >= 4 is 28.9 Å². The lowest BCUT2D eigenvalue weighted by atomic mass is 10.2. The number of ether oxygens (including phenoxy) is 2. The zero-order valence-corrected chi connectivity index (χ0v) is 18.1. The summed E-state index contributed by atoms with van der Waals surface area (Å²) >= 11 is 0. The standard InChI is InChI=1S/C23H19N7O4/c1-33-19-8-6-18(7-9-19)30-13-15(12-24)21(27-28-25)22(30)23(32)26-16-2-4-17(5-3-16)29-10-11-34-14-20(29)31/h2-9,13H,10-11,14H2,1H3,(H,26,32). The third-order valence-electron chi connectivity index (χ3n) is 5.23. The van der Waals surface area contributed by atoms with Crippen LogP contribution in [-0.4, -0.2) is 43.2 Å². The van der Waals surface area contributed by atoms with E-state index in [1.807, 2.05) is 6.07 Å². The summed E-state index contributed by atoms with van der Waals surface area (Å²) in [7, 11) is 1.54. The number of amides is 2. The second-order valence-electron chi connectivity index (χ2n) is 7.21. The van der Waals surface area contributed by atoms with E-state index >= 15 is 0 Å². The molecule has 2 aromatic carbocycles. The molecular formula is C23H19N7O4. The van der Waals surface area contributed by atoms with Crippen LogP contribution in [0.3, 0.4) is 0 Å². The summed E-state index contributed by atoms with van der Waals surface area (Å²) in [5.41, 5.74) is 10.7. The van der Waals surface area contributed by atoms with Crippen LogP contribution >= 0.6 is 0 Å². The number of nitriles is 1. The number of anilines is 2. The molecule has 11 heteroatoms. The lowest BCUT2D eigenvalue weighted by Crippen LogP contribution is -2.41. The van der Waals surface area contributed by atoms with Gasteiger partial charge < -0.3 is 24.3 Å². The number of azide groups is 1. The van der Waals surface area contributed by atoms with Gasteiger partial charge in [0.2, 0.25) is 0 Å². The van der Waals surface area contributed by atoms with Gasteiger partial charge in [0.05, 0.1) is 25.0 Å². The first-order chi connectivity index (χ1) is 16.5. The zero-order valence-electron chi connectivity index (χ0n) is 18.1. The zero-order chi connectivity index (χ0) is 24.1. The number of carbonyl (C=O) groups is 2. The number of hydrogen-bond acceptors (Lipinski definition) is 6. The number of benzene rings is 2. The highest BCUT2D eigenvalue weighted by atomic mass is 16.5. The van der Waals surface area contributed by atoms with E-state index in [1.165, 1.54) is 17.9 Å². The first-order valence-electron chi connectivity index (χ1n) is 10.2. The van der Waals surface area contributed by atoms with Gasteiger partial charge in [-0.2, -0.15) is 5.26 Å². The molecular weight excluding hydrogens is 438 g/mol. The molecule has 0 saturated carbocycles. The molecule has 1 fully saturated rings. The van der Waals surface area contributed by atoms with Crippen LogP contribution in [0.1, 0.15) is 16.1 Å². The molecule has 2 heterocycles. The van der Waals surface area contributed by atoms with Crippen molar-refractivity contribution in [3.63, 3.8) is 0 Å². The molecule has 34 heavy (non-hydrogen) atoms. The minimum atomic E-state index is -0.574. The topological polar surface area (TPSA) is 145 Å². The number of morpholine rings is 1. The van der Waals surface area contributed by atoms with Gasteiger partial charge in [-0.25, -0.2) is 0 Å². The van der Waals surface area contributed by atoms with Crippen molar-refractivity contribution in [2.24, 2.45) is 5.11 Å². The van der Waals surface area contributed by atoms with E-state index in [9.17, 15) is 14.9 Å². The molecule has 1 N–H and O–H groups in total. The molecule has 1 saturated heterocycles. The fourth-order valence-corrected chi connectivity index (χ4v) is 3.59. The van der Waals surface area contributed by atoms with Gasteiger partial charge in [-0.05, 0) is 54.1 Å². The summed E-state index contributed by atoms with van der Waals surface area (Å²) in [5, 5.41) is 15.9. The summed E-state index contributed by atoms with van der Waals surface area (Å²) in [6.45, 7) is 0.937. The molecule has 0 bridgehead atoms. The maximum Gasteiger partial charge on any atom is 0.273 e. The Labute approximate surface area is 194 Å². The third kappa shape index (κ3) is 4.40. The van der Waals surface area contributed by atoms with Crippen molar-refractivity contribution in [3.05, 3.63) is 76.4 Å². The van der Waals surface area contributed by atoms with Gasteiger partial charge in [-0.3, -0.25) is 9.59 Å². The van der Waals surface area contributed by atoms with Crippen LogP contribution in [0.15, 0.2) is 59.8 Å². The molecule has 0 atom stereocenters. The van der Waals surface area contributed by atoms with Crippen LogP contribution in [0.5, 0.6) is 5.75 Å². The van der Waals surface area contributed by atoms with Gasteiger partial charge in [-0.1, -0.05) is 5.11 Å². The lowest BCUT2D eigenvalue weighted by Gasteiger charge is -2.26. The Balaban J connectivity index is 1.66. The Hall–Kier alpha value is -4.78. The molecule has 170 valence electrons. The summed E-state index contributed by atoms with van der Waals surface area (Å²) in [5.74, 6) is -0.0881. The molecule has 0 spiro atoms. The fourth-order valence-electron chi connectivity index (χ4n) is 3.59. The number of aromatic nitrogens is 1. The Morgan fingerprint density at radius 3 is 2.53 bits per heavy atom. The van der Waals surface area contributed by atoms with Crippen LogP contribution in [-0.2, 0) is 9.53 Å². The minimum Gasteiger partial charge on any atom is -0.497 e. The normalized spacial score (nSPS) is 13.1. The van der Waals surface area contributed by atoms with Crippen LogP contribution in [0, 0.1) is 11.3 Å². The van der Waals surface area contributed by atoms with Gasteiger partial charge in [0.1, 0.15) is 24.1 Å². The van der Waals surface area contributed by atoms with Crippen LogP contribution in [0.4, 0.5) is 17.1 Å². The third-order valence-corrected chi connectivity index (χ3v) is 5.23. The van der Waals surface area contributed by atoms with E-state index in [-0.39, 0.29) is 29.5 Å². The Morgan fingerprint density at radius 1 is 1.21 bits per heavy atom. The SMILES string of the molecule is COc1ccc(-n2cc(C#N)c(N=[N+]=[N-])c2C(=O)Nc2ccc(N3CCOCC3=O)cc2)cc1. The quantitative estimate of drug-likeness (QED) is 0.339. The second-order valence-corrected chi connectivity index (χ2v) is 7.21. The van der Waals surface area contributed by atoms with Crippen LogP contribution in [0.25, 0.3) is 16.1 Å².